The lowest BCUT2D eigenvalue weighted by atomic mass is 9.94. The van der Waals surface area contributed by atoms with Crippen LogP contribution in [0.25, 0.3) is 0 Å². The van der Waals surface area contributed by atoms with Crippen LogP contribution in [0.4, 0.5) is 0 Å². The van der Waals surface area contributed by atoms with Crippen molar-refractivity contribution in [1.29, 1.82) is 5.26 Å². The standard InChI is InChI=1S/C16H31N3/c1-5-7-15-8-10-19(12-15)14(3)11-16(4,13-17)18-9-6-2/h14-15,18H,5-12H2,1-4H3. The van der Waals surface area contributed by atoms with Crippen molar-refractivity contribution < 1.29 is 0 Å². The summed E-state index contributed by atoms with van der Waals surface area (Å²) in [5, 5.41) is 12.8. The molecule has 0 aromatic rings. The summed E-state index contributed by atoms with van der Waals surface area (Å²) >= 11 is 0. The molecular formula is C16H31N3. The van der Waals surface area contributed by atoms with Gasteiger partial charge in [0, 0.05) is 12.6 Å². The van der Waals surface area contributed by atoms with Crippen LogP contribution in [0, 0.1) is 17.2 Å². The SMILES string of the molecule is CCCNC(C)(C#N)CC(C)N1CCC(CCC)C1. The fourth-order valence-corrected chi connectivity index (χ4v) is 3.18. The van der Waals surface area contributed by atoms with Gasteiger partial charge in [0.05, 0.1) is 6.07 Å². The summed E-state index contributed by atoms with van der Waals surface area (Å²) in [4.78, 5) is 2.57. The summed E-state index contributed by atoms with van der Waals surface area (Å²) < 4.78 is 0. The van der Waals surface area contributed by atoms with Crippen LogP contribution in [0.15, 0.2) is 0 Å². The molecule has 1 N–H and O–H groups in total. The van der Waals surface area contributed by atoms with Crippen molar-refractivity contribution in [3.05, 3.63) is 0 Å². The predicted molar refractivity (Wildman–Crippen MR) is 81.0 cm³/mol. The van der Waals surface area contributed by atoms with E-state index in [1.54, 1.807) is 0 Å². The molecule has 1 aliphatic rings. The van der Waals surface area contributed by atoms with E-state index in [-0.39, 0.29) is 5.54 Å². The summed E-state index contributed by atoms with van der Waals surface area (Å²) in [6.45, 7) is 12.1. The van der Waals surface area contributed by atoms with Gasteiger partial charge in [-0.25, -0.2) is 0 Å². The van der Waals surface area contributed by atoms with E-state index in [2.05, 4.69) is 37.1 Å². The normalized spacial score (nSPS) is 24.9. The molecule has 3 heteroatoms. The van der Waals surface area contributed by atoms with Crippen molar-refractivity contribution in [1.82, 2.24) is 10.2 Å². The molecule has 1 aliphatic heterocycles. The number of nitrogens with one attached hydrogen (secondary N) is 1. The van der Waals surface area contributed by atoms with Crippen molar-refractivity contribution in [3.8, 4) is 6.07 Å². The molecule has 0 bridgehead atoms. The van der Waals surface area contributed by atoms with Gasteiger partial charge in [0.1, 0.15) is 5.54 Å². The van der Waals surface area contributed by atoms with E-state index < -0.39 is 0 Å². The first kappa shape index (κ1) is 16.5. The third-order valence-electron chi connectivity index (χ3n) is 4.35. The van der Waals surface area contributed by atoms with Crippen LogP contribution in [-0.2, 0) is 0 Å². The lowest BCUT2D eigenvalue weighted by molar-refractivity contribution is 0.205. The van der Waals surface area contributed by atoms with Crippen molar-refractivity contribution in [2.24, 2.45) is 5.92 Å². The average molecular weight is 265 g/mol. The molecule has 1 rings (SSSR count). The Kier molecular flexibility index (Phi) is 6.82. The number of nitrogens with zero attached hydrogens (tertiary/aromatic N) is 2. The molecule has 3 nitrogen and oxygen atoms in total. The van der Waals surface area contributed by atoms with Gasteiger partial charge >= 0.3 is 0 Å². The zero-order valence-electron chi connectivity index (χ0n) is 13.2. The Bertz CT molecular complexity index is 297. The minimum absolute atomic E-state index is 0.377. The smallest absolute Gasteiger partial charge is 0.105 e. The number of hydrogen-bond donors (Lipinski definition) is 1. The van der Waals surface area contributed by atoms with Gasteiger partial charge in [-0.3, -0.25) is 5.32 Å². The first-order valence-corrected chi connectivity index (χ1v) is 7.95. The van der Waals surface area contributed by atoms with Crippen molar-refractivity contribution >= 4 is 0 Å². The second-order valence-corrected chi connectivity index (χ2v) is 6.36. The zero-order chi connectivity index (χ0) is 14.3. The Morgan fingerprint density at radius 2 is 2.16 bits per heavy atom. The van der Waals surface area contributed by atoms with E-state index in [9.17, 15) is 5.26 Å². The van der Waals surface area contributed by atoms with Gasteiger partial charge in [-0.1, -0.05) is 20.3 Å². The molecule has 1 saturated heterocycles. The Labute approximate surface area is 119 Å². The Balaban J connectivity index is 2.45. The highest BCUT2D eigenvalue weighted by Gasteiger charge is 2.31. The first-order valence-electron chi connectivity index (χ1n) is 7.95. The lowest BCUT2D eigenvalue weighted by Crippen LogP contribution is -2.47. The summed E-state index contributed by atoms with van der Waals surface area (Å²) in [5.41, 5.74) is -0.377. The third-order valence-corrected chi connectivity index (χ3v) is 4.35. The molecule has 0 amide bonds. The first-order chi connectivity index (χ1) is 9.04. The number of likely N-dealkylation sites (tertiary alicyclic amines) is 1. The number of nitriles is 1. The van der Waals surface area contributed by atoms with Crippen LogP contribution < -0.4 is 5.32 Å². The predicted octanol–water partition coefficient (Wildman–Crippen LogP) is 3.17. The molecule has 110 valence electrons. The zero-order valence-corrected chi connectivity index (χ0v) is 13.2. The maximum absolute atomic E-state index is 9.41. The van der Waals surface area contributed by atoms with E-state index in [0.717, 1.165) is 25.3 Å². The highest BCUT2D eigenvalue weighted by molar-refractivity contribution is 5.05. The molecule has 0 saturated carbocycles. The monoisotopic (exact) mass is 265 g/mol. The molecule has 19 heavy (non-hydrogen) atoms. The summed E-state index contributed by atoms with van der Waals surface area (Å²) in [6.07, 6.45) is 5.98. The van der Waals surface area contributed by atoms with E-state index in [4.69, 9.17) is 0 Å². The molecule has 3 unspecified atom stereocenters. The topological polar surface area (TPSA) is 39.1 Å². The minimum Gasteiger partial charge on any atom is -0.300 e. The fourth-order valence-electron chi connectivity index (χ4n) is 3.18. The third kappa shape index (κ3) is 5.12. The summed E-state index contributed by atoms with van der Waals surface area (Å²) in [6, 6.07) is 2.96. The summed E-state index contributed by atoms with van der Waals surface area (Å²) in [5.74, 6) is 0.879. The molecule has 0 aromatic carbocycles. The van der Waals surface area contributed by atoms with Gasteiger partial charge < -0.3 is 4.90 Å². The van der Waals surface area contributed by atoms with Gasteiger partial charge in [0.2, 0.25) is 0 Å². The molecule has 0 radical (unpaired) electrons. The highest BCUT2D eigenvalue weighted by Crippen LogP contribution is 2.25. The van der Waals surface area contributed by atoms with Gasteiger partial charge in [0.25, 0.3) is 0 Å². The van der Waals surface area contributed by atoms with Crippen LogP contribution in [0.3, 0.4) is 0 Å². The molecule has 1 heterocycles. The number of hydrogen-bond acceptors (Lipinski definition) is 3. The Morgan fingerprint density at radius 1 is 1.42 bits per heavy atom. The van der Waals surface area contributed by atoms with Crippen LogP contribution >= 0.6 is 0 Å². The fraction of sp³-hybridized carbons (Fsp3) is 0.938. The molecule has 0 aliphatic carbocycles. The molecule has 1 fully saturated rings. The second kappa shape index (κ2) is 7.87. The maximum atomic E-state index is 9.41. The molecule has 0 spiro atoms. The van der Waals surface area contributed by atoms with Gasteiger partial charge in [0.15, 0.2) is 0 Å². The van der Waals surface area contributed by atoms with Crippen LogP contribution in [0.5, 0.6) is 0 Å². The Hall–Kier alpha value is -0.590. The van der Waals surface area contributed by atoms with Gasteiger partial charge in [-0.05, 0) is 58.5 Å². The molecule has 3 atom stereocenters. The van der Waals surface area contributed by atoms with Gasteiger partial charge in [-0.15, -0.1) is 0 Å². The van der Waals surface area contributed by atoms with Gasteiger partial charge in [-0.2, -0.15) is 5.26 Å². The quantitative estimate of drug-likeness (QED) is 0.732. The van der Waals surface area contributed by atoms with Crippen LogP contribution in [0.2, 0.25) is 0 Å². The van der Waals surface area contributed by atoms with E-state index in [1.165, 1.54) is 32.4 Å². The van der Waals surface area contributed by atoms with E-state index in [1.807, 2.05) is 6.92 Å². The Morgan fingerprint density at radius 3 is 2.74 bits per heavy atom. The van der Waals surface area contributed by atoms with E-state index >= 15 is 0 Å². The highest BCUT2D eigenvalue weighted by atomic mass is 15.2. The summed E-state index contributed by atoms with van der Waals surface area (Å²) in [7, 11) is 0. The largest absolute Gasteiger partial charge is 0.300 e. The van der Waals surface area contributed by atoms with E-state index in [0.29, 0.717) is 6.04 Å². The minimum atomic E-state index is -0.377. The average Bonchev–Trinajstić information content (AvgIpc) is 2.85. The van der Waals surface area contributed by atoms with Crippen LogP contribution in [0.1, 0.15) is 59.8 Å². The molecule has 0 aromatic heterocycles. The second-order valence-electron chi connectivity index (χ2n) is 6.36. The number of rotatable bonds is 8. The maximum Gasteiger partial charge on any atom is 0.105 e. The van der Waals surface area contributed by atoms with Crippen molar-refractivity contribution in [2.45, 2.75) is 71.4 Å². The lowest BCUT2D eigenvalue weighted by Gasteiger charge is -2.32. The van der Waals surface area contributed by atoms with Crippen molar-refractivity contribution in [3.63, 3.8) is 0 Å². The van der Waals surface area contributed by atoms with Crippen molar-refractivity contribution in [2.75, 3.05) is 19.6 Å². The van der Waals surface area contributed by atoms with Crippen LogP contribution in [-0.4, -0.2) is 36.1 Å². The molecular weight excluding hydrogens is 234 g/mol.